The number of aliphatic imine (C=N–C) groups is 1. The van der Waals surface area contributed by atoms with Crippen LogP contribution in [0.3, 0.4) is 0 Å². The van der Waals surface area contributed by atoms with Crippen molar-refractivity contribution in [2.45, 2.75) is 64.7 Å². The van der Waals surface area contributed by atoms with Crippen LogP contribution in [0.1, 0.15) is 64.7 Å². The molecule has 0 spiro atoms. The minimum atomic E-state index is 0.570. The molecule has 1 atom stereocenters. The average molecular weight is 245 g/mol. The third-order valence-electron chi connectivity index (χ3n) is 4.37. The van der Waals surface area contributed by atoms with Crippen molar-refractivity contribution < 1.29 is 0 Å². The van der Waals surface area contributed by atoms with Crippen molar-refractivity contribution in [1.82, 2.24) is 0 Å². The second-order valence-corrected chi connectivity index (χ2v) is 5.88. The molecule has 2 aliphatic rings. The first-order valence-electron chi connectivity index (χ1n) is 7.73. The van der Waals surface area contributed by atoms with E-state index < -0.39 is 0 Å². The van der Waals surface area contributed by atoms with Gasteiger partial charge in [0.2, 0.25) is 0 Å². The zero-order valence-corrected chi connectivity index (χ0v) is 11.8. The normalized spacial score (nSPS) is 24.9. The molecule has 1 heteroatoms. The summed E-state index contributed by atoms with van der Waals surface area (Å²) in [5.74, 6) is 1.59. The van der Waals surface area contributed by atoms with E-state index in [1.54, 1.807) is 0 Å². The fourth-order valence-electron chi connectivity index (χ4n) is 3.07. The first-order chi connectivity index (χ1) is 8.86. The Labute approximate surface area is 112 Å². The monoisotopic (exact) mass is 245 g/mol. The summed E-state index contributed by atoms with van der Waals surface area (Å²) >= 11 is 0. The van der Waals surface area contributed by atoms with E-state index in [4.69, 9.17) is 0 Å². The van der Waals surface area contributed by atoms with Crippen LogP contribution < -0.4 is 0 Å². The van der Waals surface area contributed by atoms with Crippen molar-refractivity contribution in [3.63, 3.8) is 0 Å². The molecular weight excluding hydrogens is 218 g/mol. The zero-order valence-electron chi connectivity index (χ0n) is 11.8. The first-order valence-corrected chi connectivity index (χ1v) is 7.73. The second kappa shape index (κ2) is 7.56. The molecule has 1 fully saturated rings. The van der Waals surface area contributed by atoms with Gasteiger partial charge in [-0.2, -0.15) is 0 Å². The number of hydrogen-bond donors (Lipinski definition) is 0. The Hall–Kier alpha value is -0.850. The van der Waals surface area contributed by atoms with Crippen molar-refractivity contribution in [2.75, 3.05) is 0 Å². The van der Waals surface area contributed by atoms with Gasteiger partial charge in [-0.3, -0.25) is 4.99 Å². The lowest BCUT2D eigenvalue weighted by Gasteiger charge is -2.20. The SMILES string of the molecule is CC1C=NC=C1CC/C=C\CCC1CCCCC1. The van der Waals surface area contributed by atoms with Crippen LogP contribution in [0.5, 0.6) is 0 Å². The van der Waals surface area contributed by atoms with Gasteiger partial charge in [0.25, 0.3) is 0 Å². The predicted molar refractivity (Wildman–Crippen MR) is 79.9 cm³/mol. The Morgan fingerprint density at radius 2 is 1.94 bits per heavy atom. The molecule has 1 nitrogen and oxygen atoms in total. The van der Waals surface area contributed by atoms with Gasteiger partial charge in [0.05, 0.1) is 0 Å². The van der Waals surface area contributed by atoms with E-state index in [2.05, 4.69) is 24.1 Å². The minimum Gasteiger partial charge on any atom is -0.268 e. The van der Waals surface area contributed by atoms with Crippen LogP contribution in [0.25, 0.3) is 0 Å². The number of rotatable bonds is 6. The lowest BCUT2D eigenvalue weighted by atomic mass is 9.86. The second-order valence-electron chi connectivity index (χ2n) is 5.88. The lowest BCUT2D eigenvalue weighted by molar-refractivity contribution is 0.341. The Kier molecular flexibility index (Phi) is 5.70. The Morgan fingerprint density at radius 3 is 2.67 bits per heavy atom. The van der Waals surface area contributed by atoms with E-state index in [9.17, 15) is 0 Å². The molecule has 1 aliphatic heterocycles. The van der Waals surface area contributed by atoms with E-state index in [1.807, 2.05) is 12.4 Å². The molecule has 0 aromatic rings. The van der Waals surface area contributed by atoms with Gasteiger partial charge in [-0.15, -0.1) is 0 Å². The molecule has 1 heterocycles. The van der Waals surface area contributed by atoms with Gasteiger partial charge in [0, 0.05) is 18.3 Å². The Balaban J connectivity index is 1.52. The van der Waals surface area contributed by atoms with Crippen LogP contribution in [-0.4, -0.2) is 6.21 Å². The third-order valence-corrected chi connectivity index (χ3v) is 4.37. The summed E-state index contributed by atoms with van der Waals surface area (Å²) in [6.45, 7) is 2.23. The standard InChI is InChI=1S/C17H27N/c1-15-13-18-14-17(15)12-8-3-2-5-9-16-10-6-4-7-11-16/h2-3,13-16H,4-12H2,1H3/b3-2-. The van der Waals surface area contributed by atoms with Crippen LogP contribution in [0, 0.1) is 11.8 Å². The maximum atomic E-state index is 4.21. The molecule has 0 amide bonds. The van der Waals surface area contributed by atoms with Crippen molar-refractivity contribution in [3.8, 4) is 0 Å². The summed E-state index contributed by atoms with van der Waals surface area (Å²) in [4.78, 5) is 4.21. The molecule has 0 radical (unpaired) electrons. The zero-order chi connectivity index (χ0) is 12.6. The average Bonchev–Trinajstić information content (AvgIpc) is 2.81. The predicted octanol–water partition coefficient (Wildman–Crippen LogP) is 5.29. The first kappa shape index (κ1) is 13.6. The van der Waals surface area contributed by atoms with Gasteiger partial charge < -0.3 is 0 Å². The topological polar surface area (TPSA) is 12.4 Å². The summed E-state index contributed by atoms with van der Waals surface area (Å²) < 4.78 is 0. The molecule has 0 aromatic carbocycles. The molecule has 0 bridgehead atoms. The Bertz CT molecular complexity index is 319. The molecular formula is C17H27N. The third kappa shape index (κ3) is 4.44. The fourth-order valence-corrected chi connectivity index (χ4v) is 3.07. The molecule has 100 valence electrons. The van der Waals surface area contributed by atoms with E-state index in [0.29, 0.717) is 5.92 Å². The highest BCUT2D eigenvalue weighted by Gasteiger charge is 2.12. The molecule has 1 aliphatic carbocycles. The summed E-state index contributed by atoms with van der Waals surface area (Å²) in [5, 5.41) is 0. The molecule has 0 N–H and O–H groups in total. The number of nitrogens with zero attached hydrogens (tertiary/aromatic N) is 1. The molecule has 1 saturated carbocycles. The quantitative estimate of drug-likeness (QED) is 0.564. The van der Waals surface area contributed by atoms with E-state index in [1.165, 1.54) is 63.4 Å². The molecule has 0 saturated heterocycles. The highest BCUT2D eigenvalue weighted by molar-refractivity contribution is 5.68. The summed E-state index contributed by atoms with van der Waals surface area (Å²) in [5.41, 5.74) is 1.49. The van der Waals surface area contributed by atoms with Crippen LogP contribution >= 0.6 is 0 Å². The number of hydrogen-bond acceptors (Lipinski definition) is 1. The van der Waals surface area contributed by atoms with E-state index in [-0.39, 0.29) is 0 Å². The van der Waals surface area contributed by atoms with E-state index in [0.717, 1.165) is 5.92 Å². The lowest BCUT2D eigenvalue weighted by Crippen LogP contribution is -2.05. The summed E-state index contributed by atoms with van der Waals surface area (Å²) in [7, 11) is 0. The smallest absolute Gasteiger partial charge is 0.0262 e. The Morgan fingerprint density at radius 1 is 1.17 bits per heavy atom. The largest absolute Gasteiger partial charge is 0.268 e. The van der Waals surface area contributed by atoms with Gasteiger partial charge in [0.15, 0.2) is 0 Å². The van der Waals surface area contributed by atoms with Gasteiger partial charge in [-0.1, -0.05) is 51.2 Å². The van der Waals surface area contributed by atoms with Crippen molar-refractivity contribution in [3.05, 3.63) is 23.9 Å². The molecule has 1 unspecified atom stereocenters. The van der Waals surface area contributed by atoms with Crippen LogP contribution in [0.2, 0.25) is 0 Å². The van der Waals surface area contributed by atoms with Gasteiger partial charge in [0.1, 0.15) is 0 Å². The maximum Gasteiger partial charge on any atom is 0.0262 e. The van der Waals surface area contributed by atoms with Crippen molar-refractivity contribution in [2.24, 2.45) is 16.8 Å². The van der Waals surface area contributed by atoms with Crippen molar-refractivity contribution in [1.29, 1.82) is 0 Å². The van der Waals surface area contributed by atoms with E-state index >= 15 is 0 Å². The van der Waals surface area contributed by atoms with Gasteiger partial charge >= 0.3 is 0 Å². The van der Waals surface area contributed by atoms with Crippen LogP contribution in [0.4, 0.5) is 0 Å². The fraction of sp³-hybridized carbons (Fsp3) is 0.706. The molecule has 18 heavy (non-hydrogen) atoms. The van der Waals surface area contributed by atoms with Gasteiger partial charge in [-0.25, -0.2) is 0 Å². The molecule has 0 aromatic heterocycles. The van der Waals surface area contributed by atoms with Crippen molar-refractivity contribution >= 4 is 6.21 Å². The highest BCUT2D eigenvalue weighted by atomic mass is 14.7. The maximum absolute atomic E-state index is 4.21. The van der Waals surface area contributed by atoms with Gasteiger partial charge in [-0.05, 0) is 37.2 Å². The minimum absolute atomic E-state index is 0.570. The highest BCUT2D eigenvalue weighted by Crippen LogP contribution is 2.27. The summed E-state index contributed by atoms with van der Waals surface area (Å²) in [6.07, 6.45) is 21.3. The molecule has 2 rings (SSSR count). The number of allylic oxidation sites excluding steroid dienone is 3. The summed E-state index contributed by atoms with van der Waals surface area (Å²) in [6, 6.07) is 0. The van der Waals surface area contributed by atoms with Crippen LogP contribution in [-0.2, 0) is 0 Å². The van der Waals surface area contributed by atoms with Crippen LogP contribution in [0.15, 0.2) is 28.9 Å².